The fourth-order valence-corrected chi connectivity index (χ4v) is 3.65. The second-order valence-corrected chi connectivity index (χ2v) is 6.62. The van der Waals surface area contributed by atoms with E-state index in [0.717, 1.165) is 24.3 Å². The molecule has 1 heterocycles. The Kier molecular flexibility index (Phi) is 6.44. The van der Waals surface area contributed by atoms with Gasteiger partial charge in [-0.1, -0.05) is 23.4 Å². The smallest absolute Gasteiger partial charge is 0.224 e. The molecule has 0 bridgehead atoms. The number of anilines is 1. The number of nitrogens with one attached hydrogen (secondary N) is 1. The van der Waals surface area contributed by atoms with Crippen LogP contribution in [0.2, 0.25) is 5.02 Å². The fourth-order valence-electron chi connectivity index (χ4n) is 2.28. The first-order chi connectivity index (χ1) is 10.2. The molecule has 1 amide bonds. The fraction of sp³-hybridized carbons (Fsp3) is 0.438. The van der Waals surface area contributed by atoms with Crippen LogP contribution >= 0.6 is 23.4 Å². The second-order valence-electron chi connectivity index (χ2n) is 4.96. The number of aliphatic hydroxyl groups is 1. The Balaban J connectivity index is 2.02. The molecule has 0 aromatic heterocycles. The van der Waals surface area contributed by atoms with Crippen LogP contribution in [0.1, 0.15) is 24.8 Å². The van der Waals surface area contributed by atoms with Crippen LogP contribution in [0.4, 0.5) is 5.69 Å². The van der Waals surface area contributed by atoms with Gasteiger partial charge in [0.15, 0.2) is 0 Å². The summed E-state index contributed by atoms with van der Waals surface area (Å²) in [5, 5.41) is 12.3. The number of aliphatic hydroxyl groups excluding tert-OH is 1. The van der Waals surface area contributed by atoms with E-state index in [4.69, 9.17) is 16.7 Å². The van der Waals surface area contributed by atoms with Crippen molar-refractivity contribution in [2.24, 2.45) is 5.92 Å². The van der Waals surface area contributed by atoms with Crippen molar-refractivity contribution in [1.82, 2.24) is 0 Å². The lowest BCUT2D eigenvalue weighted by Gasteiger charge is -2.20. The lowest BCUT2D eigenvalue weighted by molar-refractivity contribution is -0.117. The topological polar surface area (TPSA) is 49.3 Å². The van der Waals surface area contributed by atoms with Crippen molar-refractivity contribution in [2.75, 3.05) is 23.4 Å². The molecule has 1 aromatic carbocycles. The van der Waals surface area contributed by atoms with Gasteiger partial charge in [0.2, 0.25) is 5.91 Å². The molecule has 1 saturated heterocycles. The number of amides is 1. The predicted octanol–water partition coefficient (Wildman–Crippen LogP) is 3.16. The molecule has 0 unspecified atom stereocenters. The van der Waals surface area contributed by atoms with Crippen LogP contribution in [0.25, 0.3) is 0 Å². The average molecular weight is 324 g/mol. The number of thioether (sulfide) groups is 1. The highest BCUT2D eigenvalue weighted by molar-refractivity contribution is 7.99. The maximum atomic E-state index is 12.1. The summed E-state index contributed by atoms with van der Waals surface area (Å²) in [7, 11) is 0. The van der Waals surface area contributed by atoms with Gasteiger partial charge in [0.1, 0.15) is 6.61 Å². The summed E-state index contributed by atoms with van der Waals surface area (Å²) in [6.07, 6.45) is 2.77. The molecule has 1 aromatic rings. The van der Waals surface area contributed by atoms with Gasteiger partial charge < -0.3 is 10.4 Å². The number of hydrogen-bond donors (Lipinski definition) is 2. The molecule has 21 heavy (non-hydrogen) atoms. The molecule has 0 spiro atoms. The Morgan fingerprint density at radius 1 is 1.43 bits per heavy atom. The van der Waals surface area contributed by atoms with E-state index < -0.39 is 0 Å². The monoisotopic (exact) mass is 323 g/mol. The van der Waals surface area contributed by atoms with Crippen LogP contribution in [0, 0.1) is 17.8 Å². The summed E-state index contributed by atoms with van der Waals surface area (Å²) in [6.45, 7) is -0.223. The van der Waals surface area contributed by atoms with Gasteiger partial charge in [0, 0.05) is 17.0 Å². The van der Waals surface area contributed by atoms with Gasteiger partial charge in [-0.2, -0.15) is 11.8 Å². The van der Waals surface area contributed by atoms with Crippen LogP contribution < -0.4 is 5.32 Å². The third kappa shape index (κ3) is 5.28. The van der Waals surface area contributed by atoms with Crippen molar-refractivity contribution in [3.63, 3.8) is 0 Å². The standard InChI is InChI=1S/C16H18ClNO2S/c17-14-3-4-15(13(11-14)2-1-7-19)18-16(20)10-12-5-8-21-9-6-12/h3-4,11-12,19H,5-10H2,(H,18,20). The summed E-state index contributed by atoms with van der Waals surface area (Å²) in [6, 6.07) is 5.16. The minimum atomic E-state index is -0.223. The van der Waals surface area contributed by atoms with Crippen LogP contribution in [0.5, 0.6) is 0 Å². The first-order valence-corrected chi connectivity index (χ1v) is 8.49. The van der Waals surface area contributed by atoms with E-state index in [0.29, 0.717) is 28.6 Å². The number of halogens is 1. The third-order valence-corrected chi connectivity index (χ3v) is 4.66. The number of rotatable bonds is 3. The molecular weight excluding hydrogens is 306 g/mol. The Bertz CT molecular complexity index is 559. The average Bonchev–Trinajstić information content (AvgIpc) is 2.48. The van der Waals surface area contributed by atoms with Gasteiger partial charge in [-0.25, -0.2) is 0 Å². The van der Waals surface area contributed by atoms with Gasteiger partial charge in [0.25, 0.3) is 0 Å². The van der Waals surface area contributed by atoms with E-state index in [-0.39, 0.29) is 12.5 Å². The van der Waals surface area contributed by atoms with Crippen molar-refractivity contribution >= 4 is 35.0 Å². The highest BCUT2D eigenvalue weighted by atomic mass is 35.5. The summed E-state index contributed by atoms with van der Waals surface area (Å²) >= 11 is 7.90. The molecule has 1 aliphatic rings. The SMILES string of the molecule is O=C(CC1CCSCC1)Nc1ccc(Cl)cc1C#CCO. The molecule has 0 saturated carbocycles. The molecule has 2 N–H and O–H groups in total. The van der Waals surface area contributed by atoms with Gasteiger partial charge >= 0.3 is 0 Å². The minimum absolute atomic E-state index is 0.0151. The molecule has 5 heteroatoms. The van der Waals surface area contributed by atoms with Crippen LogP contribution in [0.15, 0.2) is 18.2 Å². The lowest BCUT2D eigenvalue weighted by Crippen LogP contribution is -2.20. The Morgan fingerprint density at radius 3 is 2.90 bits per heavy atom. The van der Waals surface area contributed by atoms with Crippen LogP contribution in [-0.4, -0.2) is 29.1 Å². The maximum Gasteiger partial charge on any atom is 0.224 e. The summed E-state index contributed by atoms with van der Waals surface area (Å²) < 4.78 is 0. The Morgan fingerprint density at radius 2 is 2.19 bits per heavy atom. The number of carbonyl (C=O) groups is 1. The molecule has 3 nitrogen and oxygen atoms in total. The normalized spacial score (nSPS) is 15.1. The van der Waals surface area contributed by atoms with E-state index in [9.17, 15) is 4.79 Å². The van der Waals surface area contributed by atoms with Gasteiger partial charge in [-0.15, -0.1) is 0 Å². The maximum absolute atomic E-state index is 12.1. The van der Waals surface area contributed by atoms with Crippen LogP contribution in [-0.2, 0) is 4.79 Å². The van der Waals surface area contributed by atoms with Gasteiger partial charge in [-0.05, 0) is 48.5 Å². The number of carbonyl (C=O) groups excluding carboxylic acids is 1. The first kappa shape index (κ1) is 16.2. The van der Waals surface area contributed by atoms with Crippen molar-refractivity contribution in [1.29, 1.82) is 0 Å². The highest BCUT2D eigenvalue weighted by Crippen LogP contribution is 2.26. The molecule has 2 rings (SSSR count). The highest BCUT2D eigenvalue weighted by Gasteiger charge is 2.17. The summed E-state index contributed by atoms with van der Waals surface area (Å²) in [4.78, 5) is 12.1. The van der Waals surface area contributed by atoms with Crippen LogP contribution in [0.3, 0.4) is 0 Å². The molecule has 1 fully saturated rings. The molecule has 0 aliphatic carbocycles. The zero-order valence-corrected chi connectivity index (χ0v) is 13.3. The van der Waals surface area contributed by atoms with E-state index in [2.05, 4.69) is 17.2 Å². The van der Waals surface area contributed by atoms with Gasteiger partial charge in [0.05, 0.1) is 5.69 Å². The zero-order chi connectivity index (χ0) is 15.1. The van der Waals surface area contributed by atoms with Crippen molar-refractivity contribution in [2.45, 2.75) is 19.3 Å². The number of hydrogen-bond acceptors (Lipinski definition) is 3. The first-order valence-electron chi connectivity index (χ1n) is 6.96. The quantitative estimate of drug-likeness (QED) is 0.840. The van der Waals surface area contributed by atoms with Crippen molar-refractivity contribution in [3.8, 4) is 11.8 Å². The van der Waals surface area contributed by atoms with Gasteiger partial charge in [-0.3, -0.25) is 4.79 Å². The molecule has 0 radical (unpaired) electrons. The van der Waals surface area contributed by atoms with Crippen molar-refractivity contribution in [3.05, 3.63) is 28.8 Å². The Hall–Kier alpha value is -1.15. The third-order valence-electron chi connectivity index (χ3n) is 3.37. The predicted molar refractivity (Wildman–Crippen MR) is 88.7 cm³/mol. The largest absolute Gasteiger partial charge is 0.384 e. The van der Waals surface area contributed by atoms with E-state index in [1.54, 1.807) is 18.2 Å². The molecule has 1 aliphatic heterocycles. The Labute approximate surface area is 134 Å². The summed E-state index contributed by atoms with van der Waals surface area (Å²) in [5.41, 5.74) is 1.28. The molecular formula is C16H18ClNO2S. The van der Waals surface area contributed by atoms with E-state index in [1.807, 2.05) is 11.8 Å². The lowest BCUT2D eigenvalue weighted by atomic mass is 9.98. The molecule has 112 valence electrons. The van der Waals surface area contributed by atoms with E-state index >= 15 is 0 Å². The number of benzene rings is 1. The minimum Gasteiger partial charge on any atom is -0.384 e. The van der Waals surface area contributed by atoms with Crippen molar-refractivity contribution < 1.29 is 9.90 Å². The molecule has 0 atom stereocenters. The second kappa shape index (κ2) is 8.33. The van der Waals surface area contributed by atoms with E-state index in [1.165, 1.54) is 0 Å². The zero-order valence-electron chi connectivity index (χ0n) is 11.7. The summed E-state index contributed by atoms with van der Waals surface area (Å²) in [5.74, 6) is 8.17.